The normalized spacial score (nSPS) is 10.8. The van der Waals surface area contributed by atoms with Crippen LogP contribution in [0.2, 0.25) is 0 Å². The third kappa shape index (κ3) is 1.94. The number of nitrogens with zero attached hydrogens (tertiary/aromatic N) is 4. The Kier molecular flexibility index (Phi) is 2.22. The Hall–Kier alpha value is -2.43. The number of hydrogen-bond donors (Lipinski definition) is 1. The molecule has 0 aliphatic heterocycles. The molecule has 0 fully saturated rings. The first-order chi connectivity index (χ1) is 8.31. The van der Waals surface area contributed by atoms with Crippen LogP contribution in [0.1, 0.15) is 5.56 Å². The standard InChI is InChI=1S/C12H11N5/c13-12-8-17(16-15-12)7-9-3-4-11-10(6-9)2-1-5-14-11/h1-6,8H,7,13H2. The minimum absolute atomic E-state index is 0.437. The molecule has 0 aliphatic rings. The van der Waals surface area contributed by atoms with Crippen LogP contribution in [0.4, 0.5) is 5.82 Å². The van der Waals surface area contributed by atoms with Gasteiger partial charge in [-0.1, -0.05) is 17.3 Å². The Bertz CT molecular complexity index is 659. The molecule has 84 valence electrons. The van der Waals surface area contributed by atoms with Crippen molar-refractivity contribution in [2.75, 3.05) is 5.73 Å². The van der Waals surface area contributed by atoms with E-state index in [2.05, 4.69) is 21.4 Å². The zero-order chi connectivity index (χ0) is 11.7. The summed E-state index contributed by atoms with van der Waals surface area (Å²) >= 11 is 0. The molecule has 5 nitrogen and oxygen atoms in total. The van der Waals surface area contributed by atoms with Crippen molar-refractivity contribution in [3.8, 4) is 0 Å². The number of nitrogen functional groups attached to an aromatic ring is 1. The average molecular weight is 225 g/mol. The number of fused-ring (bicyclic) bond motifs is 1. The molecule has 2 N–H and O–H groups in total. The molecule has 2 aromatic heterocycles. The first-order valence-electron chi connectivity index (χ1n) is 5.30. The van der Waals surface area contributed by atoms with Gasteiger partial charge in [0.25, 0.3) is 0 Å². The minimum atomic E-state index is 0.437. The fraction of sp³-hybridized carbons (Fsp3) is 0.0833. The van der Waals surface area contributed by atoms with Crippen LogP contribution < -0.4 is 5.73 Å². The Morgan fingerprint density at radius 1 is 1.24 bits per heavy atom. The van der Waals surface area contributed by atoms with E-state index in [0.29, 0.717) is 12.4 Å². The number of benzene rings is 1. The molecule has 0 saturated heterocycles. The van der Waals surface area contributed by atoms with Crippen molar-refractivity contribution >= 4 is 16.7 Å². The van der Waals surface area contributed by atoms with Crippen LogP contribution in [0, 0.1) is 0 Å². The summed E-state index contributed by atoms with van der Waals surface area (Å²) < 4.78 is 1.72. The Labute approximate surface area is 97.9 Å². The van der Waals surface area contributed by atoms with Crippen LogP contribution >= 0.6 is 0 Å². The van der Waals surface area contributed by atoms with E-state index in [1.165, 1.54) is 0 Å². The number of nitrogens with two attached hydrogens (primary N) is 1. The minimum Gasteiger partial charge on any atom is -0.381 e. The smallest absolute Gasteiger partial charge is 0.165 e. The number of hydrogen-bond acceptors (Lipinski definition) is 4. The van der Waals surface area contributed by atoms with Crippen molar-refractivity contribution in [1.29, 1.82) is 0 Å². The summed E-state index contributed by atoms with van der Waals surface area (Å²) in [6.07, 6.45) is 3.51. The van der Waals surface area contributed by atoms with Gasteiger partial charge in [0.2, 0.25) is 0 Å². The van der Waals surface area contributed by atoms with Crippen molar-refractivity contribution in [2.45, 2.75) is 6.54 Å². The summed E-state index contributed by atoms with van der Waals surface area (Å²) in [5.74, 6) is 0.437. The quantitative estimate of drug-likeness (QED) is 0.716. The molecule has 0 saturated carbocycles. The van der Waals surface area contributed by atoms with Gasteiger partial charge in [-0.2, -0.15) is 0 Å². The van der Waals surface area contributed by atoms with E-state index in [9.17, 15) is 0 Å². The van der Waals surface area contributed by atoms with Gasteiger partial charge in [0.15, 0.2) is 5.82 Å². The largest absolute Gasteiger partial charge is 0.381 e. The van der Waals surface area contributed by atoms with Crippen LogP contribution in [0.3, 0.4) is 0 Å². The molecule has 2 heterocycles. The van der Waals surface area contributed by atoms with E-state index < -0.39 is 0 Å². The number of rotatable bonds is 2. The van der Waals surface area contributed by atoms with Gasteiger partial charge < -0.3 is 5.73 Å². The number of anilines is 1. The summed E-state index contributed by atoms with van der Waals surface area (Å²) in [5, 5.41) is 8.79. The fourth-order valence-electron chi connectivity index (χ4n) is 1.80. The Balaban J connectivity index is 1.95. The van der Waals surface area contributed by atoms with Gasteiger partial charge in [0.1, 0.15) is 0 Å². The fourth-order valence-corrected chi connectivity index (χ4v) is 1.80. The monoisotopic (exact) mass is 225 g/mol. The second-order valence-corrected chi connectivity index (χ2v) is 3.87. The van der Waals surface area contributed by atoms with Gasteiger partial charge in [0, 0.05) is 11.6 Å². The lowest BCUT2D eigenvalue weighted by molar-refractivity contribution is 0.650. The summed E-state index contributed by atoms with van der Waals surface area (Å²) in [5.41, 5.74) is 7.66. The molecule has 5 heteroatoms. The topological polar surface area (TPSA) is 69.6 Å². The Morgan fingerprint density at radius 3 is 3.00 bits per heavy atom. The van der Waals surface area contributed by atoms with E-state index in [1.54, 1.807) is 17.1 Å². The molecule has 1 aromatic carbocycles. The van der Waals surface area contributed by atoms with Crippen LogP contribution in [0.25, 0.3) is 10.9 Å². The lowest BCUT2D eigenvalue weighted by Gasteiger charge is -2.02. The predicted molar refractivity (Wildman–Crippen MR) is 65.3 cm³/mol. The highest BCUT2D eigenvalue weighted by molar-refractivity contribution is 5.78. The third-order valence-electron chi connectivity index (χ3n) is 2.57. The first-order valence-corrected chi connectivity index (χ1v) is 5.30. The molecule has 0 bridgehead atoms. The lowest BCUT2D eigenvalue weighted by atomic mass is 10.1. The molecule has 0 radical (unpaired) electrons. The van der Waals surface area contributed by atoms with E-state index >= 15 is 0 Å². The number of pyridine rings is 1. The van der Waals surface area contributed by atoms with Gasteiger partial charge >= 0.3 is 0 Å². The van der Waals surface area contributed by atoms with Gasteiger partial charge in [-0.05, 0) is 23.8 Å². The van der Waals surface area contributed by atoms with E-state index in [0.717, 1.165) is 16.5 Å². The van der Waals surface area contributed by atoms with Crippen LogP contribution in [0.5, 0.6) is 0 Å². The molecular formula is C12H11N5. The molecule has 3 rings (SSSR count). The summed E-state index contributed by atoms with van der Waals surface area (Å²) in [6, 6.07) is 10.1. The molecular weight excluding hydrogens is 214 g/mol. The zero-order valence-corrected chi connectivity index (χ0v) is 9.11. The van der Waals surface area contributed by atoms with E-state index in [1.807, 2.05) is 24.3 Å². The second kappa shape index (κ2) is 3.86. The highest BCUT2D eigenvalue weighted by Crippen LogP contribution is 2.14. The summed E-state index contributed by atoms with van der Waals surface area (Å²) in [6.45, 7) is 0.662. The SMILES string of the molecule is Nc1cn(Cc2ccc3ncccc3c2)nn1. The van der Waals surface area contributed by atoms with Crippen molar-refractivity contribution in [1.82, 2.24) is 20.0 Å². The van der Waals surface area contributed by atoms with Crippen molar-refractivity contribution in [3.63, 3.8) is 0 Å². The molecule has 0 amide bonds. The molecule has 3 aromatic rings. The molecule has 0 atom stereocenters. The van der Waals surface area contributed by atoms with Crippen LogP contribution in [-0.2, 0) is 6.54 Å². The lowest BCUT2D eigenvalue weighted by Crippen LogP contribution is -2.00. The highest BCUT2D eigenvalue weighted by Gasteiger charge is 2.00. The van der Waals surface area contributed by atoms with Gasteiger partial charge in [-0.25, -0.2) is 4.68 Å². The zero-order valence-electron chi connectivity index (χ0n) is 9.11. The third-order valence-corrected chi connectivity index (χ3v) is 2.57. The summed E-state index contributed by atoms with van der Waals surface area (Å²) in [4.78, 5) is 4.28. The average Bonchev–Trinajstić information content (AvgIpc) is 2.75. The maximum Gasteiger partial charge on any atom is 0.165 e. The van der Waals surface area contributed by atoms with Gasteiger partial charge in [-0.3, -0.25) is 4.98 Å². The van der Waals surface area contributed by atoms with Crippen LogP contribution in [-0.4, -0.2) is 20.0 Å². The highest BCUT2D eigenvalue weighted by atomic mass is 15.4. The van der Waals surface area contributed by atoms with Gasteiger partial charge in [-0.15, -0.1) is 5.10 Å². The van der Waals surface area contributed by atoms with Crippen molar-refractivity contribution in [2.24, 2.45) is 0 Å². The molecule has 0 aliphatic carbocycles. The summed E-state index contributed by atoms with van der Waals surface area (Å²) in [7, 11) is 0. The number of aromatic nitrogens is 4. The van der Waals surface area contributed by atoms with Gasteiger partial charge in [0.05, 0.1) is 18.3 Å². The second-order valence-electron chi connectivity index (χ2n) is 3.87. The van der Waals surface area contributed by atoms with E-state index in [-0.39, 0.29) is 0 Å². The van der Waals surface area contributed by atoms with Crippen LogP contribution in [0.15, 0.2) is 42.7 Å². The maximum absolute atomic E-state index is 5.52. The molecule has 0 unspecified atom stereocenters. The first kappa shape index (κ1) is 9.77. The predicted octanol–water partition coefficient (Wildman–Crippen LogP) is 1.46. The van der Waals surface area contributed by atoms with Crippen molar-refractivity contribution in [3.05, 3.63) is 48.3 Å². The molecule has 17 heavy (non-hydrogen) atoms. The molecule has 0 spiro atoms. The van der Waals surface area contributed by atoms with Crippen molar-refractivity contribution < 1.29 is 0 Å². The maximum atomic E-state index is 5.52. The van der Waals surface area contributed by atoms with E-state index in [4.69, 9.17) is 5.73 Å². The Morgan fingerprint density at radius 2 is 2.18 bits per heavy atom.